The van der Waals surface area contributed by atoms with Crippen LogP contribution in [0.1, 0.15) is 18.5 Å². The predicted molar refractivity (Wildman–Crippen MR) is 67.6 cm³/mol. The van der Waals surface area contributed by atoms with Crippen LogP contribution in [0.25, 0.3) is 0 Å². The highest BCUT2D eigenvalue weighted by Crippen LogP contribution is 2.16. The lowest BCUT2D eigenvalue weighted by Gasteiger charge is -2.17. The van der Waals surface area contributed by atoms with E-state index in [1.54, 1.807) is 7.11 Å². The van der Waals surface area contributed by atoms with Crippen molar-refractivity contribution >= 4 is 0 Å². The van der Waals surface area contributed by atoms with Gasteiger partial charge in [-0.2, -0.15) is 0 Å². The molecule has 3 nitrogen and oxygen atoms in total. The highest BCUT2D eigenvalue weighted by molar-refractivity contribution is 5.29. The van der Waals surface area contributed by atoms with E-state index >= 15 is 0 Å². The van der Waals surface area contributed by atoms with Gasteiger partial charge in [-0.1, -0.05) is 24.3 Å². The van der Waals surface area contributed by atoms with Crippen molar-refractivity contribution in [3.63, 3.8) is 0 Å². The number of hydrogen-bond donors (Lipinski definition) is 2. The van der Waals surface area contributed by atoms with Gasteiger partial charge in [0.05, 0.1) is 7.11 Å². The summed E-state index contributed by atoms with van der Waals surface area (Å²) in [7, 11) is 1.66. The smallest absolute Gasteiger partial charge is 0.118 e. The number of ether oxygens (including phenoxy) is 1. The Morgan fingerprint density at radius 2 is 2.06 bits per heavy atom. The first kappa shape index (κ1) is 12.7. The molecule has 0 aliphatic heterocycles. The van der Waals surface area contributed by atoms with Gasteiger partial charge in [0.25, 0.3) is 0 Å². The molecule has 1 unspecified atom stereocenters. The molecule has 0 aliphatic carbocycles. The van der Waals surface area contributed by atoms with Crippen molar-refractivity contribution in [2.24, 2.45) is 5.73 Å². The molecule has 0 aromatic heterocycles. The first-order valence-electron chi connectivity index (χ1n) is 5.39. The van der Waals surface area contributed by atoms with Crippen LogP contribution in [-0.2, 0) is 0 Å². The Balaban J connectivity index is 2.66. The SMILES string of the molecule is C=C(C)CNC(CN)c1ccc(OC)cc1. The van der Waals surface area contributed by atoms with Crippen LogP contribution in [0.5, 0.6) is 5.75 Å². The summed E-state index contributed by atoms with van der Waals surface area (Å²) in [5.41, 5.74) is 8.01. The number of hydrogen-bond acceptors (Lipinski definition) is 3. The first-order valence-corrected chi connectivity index (χ1v) is 5.39. The predicted octanol–water partition coefficient (Wildman–Crippen LogP) is 1.86. The monoisotopic (exact) mass is 220 g/mol. The zero-order chi connectivity index (χ0) is 12.0. The molecule has 0 bridgehead atoms. The molecule has 0 fully saturated rings. The van der Waals surface area contributed by atoms with Gasteiger partial charge in [-0.05, 0) is 24.6 Å². The average molecular weight is 220 g/mol. The molecule has 1 aromatic carbocycles. The number of nitrogens with two attached hydrogens (primary N) is 1. The second-order valence-corrected chi connectivity index (χ2v) is 3.90. The quantitative estimate of drug-likeness (QED) is 0.719. The number of benzene rings is 1. The van der Waals surface area contributed by atoms with Crippen LogP contribution >= 0.6 is 0 Å². The average Bonchev–Trinajstić information content (AvgIpc) is 2.30. The van der Waals surface area contributed by atoms with E-state index in [1.165, 1.54) is 5.56 Å². The first-order chi connectivity index (χ1) is 7.67. The molecule has 0 saturated heterocycles. The Kier molecular flexibility index (Phi) is 5.02. The van der Waals surface area contributed by atoms with Gasteiger partial charge < -0.3 is 15.8 Å². The Bertz CT molecular complexity index is 332. The molecule has 0 spiro atoms. The molecular formula is C13H20N2O. The fraction of sp³-hybridized carbons (Fsp3) is 0.385. The number of nitrogens with one attached hydrogen (secondary N) is 1. The molecule has 0 heterocycles. The van der Waals surface area contributed by atoms with Crippen molar-refractivity contribution in [3.05, 3.63) is 42.0 Å². The number of methoxy groups -OCH3 is 1. The molecule has 0 radical (unpaired) electrons. The van der Waals surface area contributed by atoms with E-state index < -0.39 is 0 Å². The van der Waals surface area contributed by atoms with E-state index in [-0.39, 0.29) is 6.04 Å². The summed E-state index contributed by atoms with van der Waals surface area (Å²) >= 11 is 0. The summed E-state index contributed by atoms with van der Waals surface area (Å²) in [6.45, 7) is 7.21. The third-order valence-electron chi connectivity index (χ3n) is 2.40. The Hall–Kier alpha value is -1.32. The van der Waals surface area contributed by atoms with Crippen molar-refractivity contribution in [1.82, 2.24) is 5.32 Å². The maximum absolute atomic E-state index is 5.74. The van der Waals surface area contributed by atoms with E-state index in [0.29, 0.717) is 6.54 Å². The maximum atomic E-state index is 5.74. The lowest BCUT2D eigenvalue weighted by Crippen LogP contribution is -2.29. The Labute approximate surface area is 97.3 Å². The summed E-state index contributed by atoms with van der Waals surface area (Å²) in [5.74, 6) is 0.861. The second kappa shape index (κ2) is 6.30. The summed E-state index contributed by atoms with van der Waals surface area (Å²) in [6.07, 6.45) is 0. The van der Waals surface area contributed by atoms with Gasteiger partial charge in [-0.3, -0.25) is 0 Å². The normalized spacial score (nSPS) is 12.2. The van der Waals surface area contributed by atoms with Crippen LogP contribution in [0.4, 0.5) is 0 Å². The van der Waals surface area contributed by atoms with Crippen LogP contribution < -0.4 is 15.8 Å². The Morgan fingerprint density at radius 1 is 1.44 bits per heavy atom. The minimum Gasteiger partial charge on any atom is -0.497 e. The van der Waals surface area contributed by atoms with Crippen molar-refractivity contribution in [2.75, 3.05) is 20.2 Å². The van der Waals surface area contributed by atoms with E-state index in [2.05, 4.69) is 11.9 Å². The van der Waals surface area contributed by atoms with Gasteiger partial charge in [0.15, 0.2) is 0 Å². The van der Waals surface area contributed by atoms with Crippen LogP contribution in [0, 0.1) is 0 Å². The van der Waals surface area contributed by atoms with Crippen LogP contribution in [0.15, 0.2) is 36.4 Å². The van der Waals surface area contributed by atoms with Crippen molar-refractivity contribution in [2.45, 2.75) is 13.0 Å². The van der Waals surface area contributed by atoms with Gasteiger partial charge in [0.1, 0.15) is 5.75 Å². The molecule has 1 atom stereocenters. The molecule has 0 amide bonds. The minimum absolute atomic E-state index is 0.169. The molecule has 3 N–H and O–H groups in total. The van der Waals surface area contributed by atoms with E-state index in [4.69, 9.17) is 10.5 Å². The molecule has 16 heavy (non-hydrogen) atoms. The summed E-state index contributed by atoms with van der Waals surface area (Å²) in [5, 5.41) is 3.36. The summed E-state index contributed by atoms with van der Waals surface area (Å²) in [6, 6.07) is 8.12. The van der Waals surface area contributed by atoms with Crippen LogP contribution in [0.3, 0.4) is 0 Å². The summed E-state index contributed by atoms with van der Waals surface area (Å²) in [4.78, 5) is 0. The van der Waals surface area contributed by atoms with E-state index in [0.717, 1.165) is 17.9 Å². The van der Waals surface area contributed by atoms with Crippen molar-refractivity contribution in [1.29, 1.82) is 0 Å². The second-order valence-electron chi connectivity index (χ2n) is 3.90. The molecule has 0 aliphatic rings. The fourth-order valence-corrected chi connectivity index (χ4v) is 1.47. The van der Waals surface area contributed by atoms with Gasteiger partial charge in [0, 0.05) is 19.1 Å². The zero-order valence-electron chi connectivity index (χ0n) is 9.99. The van der Waals surface area contributed by atoms with Crippen LogP contribution in [0.2, 0.25) is 0 Å². The highest BCUT2D eigenvalue weighted by Gasteiger charge is 2.08. The molecule has 0 saturated carbocycles. The van der Waals surface area contributed by atoms with Gasteiger partial charge in [-0.15, -0.1) is 0 Å². The molecule has 1 rings (SSSR count). The van der Waals surface area contributed by atoms with Gasteiger partial charge in [-0.25, -0.2) is 0 Å². The third-order valence-corrected chi connectivity index (χ3v) is 2.40. The largest absolute Gasteiger partial charge is 0.497 e. The fourth-order valence-electron chi connectivity index (χ4n) is 1.47. The highest BCUT2D eigenvalue weighted by atomic mass is 16.5. The molecular weight excluding hydrogens is 200 g/mol. The van der Waals surface area contributed by atoms with Crippen molar-refractivity contribution < 1.29 is 4.74 Å². The molecule has 88 valence electrons. The topological polar surface area (TPSA) is 47.3 Å². The van der Waals surface area contributed by atoms with Gasteiger partial charge in [0.2, 0.25) is 0 Å². The molecule has 3 heteroatoms. The standard InChI is InChI=1S/C13H20N2O/c1-10(2)9-15-13(8-14)11-4-6-12(16-3)7-5-11/h4-7,13,15H,1,8-9,14H2,2-3H3. The van der Waals surface area contributed by atoms with E-state index in [9.17, 15) is 0 Å². The third kappa shape index (κ3) is 3.68. The molecule has 1 aromatic rings. The van der Waals surface area contributed by atoms with Crippen LogP contribution in [-0.4, -0.2) is 20.2 Å². The Morgan fingerprint density at radius 3 is 2.50 bits per heavy atom. The number of rotatable bonds is 6. The van der Waals surface area contributed by atoms with E-state index in [1.807, 2.05) is 31.2 Å². The maximum Gasteiger partial charge on any atom is 0.118 e. The van der Waals surface area contributed by atoms with Gasteiger partial charge >= 0.3 is 0 Å². The minimum atomic E-state index is 0.169. The van der Waals surface area contributed by atoms with Crippen molar-refractivity contribution in [3.8, 4) is 5.75 Å². The summed E-state index contributed by atoms with van der Waals surface area (Å²) < 4.78 is 5.11. The lowest BCUT2D eigenvalue weighted by molar-refractivity contribution is 0.414. The lowest BCUT2D eigenvalue weighted by atomic mass is 10.1. The zero-order valence-corrected chi connectivity index (χ0v) is 9.99.